The van der Waals surface area contributed by atoms with Crippen LogP contribution in [0, 0.1) is 5.41 Å². The average Bonchev–Trinajstić information content (AvgIpc) is 2.94. The van der Waals surface area contributed by atoms with Crippen molar-refractivity contribution in [1.29, 1.82) is 0 Å². The van der Waals surface area contributed by atoms with Crippen molar-refractivity contribution in [2.75, 3.05) is 0 Å². The van der Waals surface area contributed by atoms with Crippen molar-refractivity contribution in [3.05, 3.63) is 64.2 Å². The SMILES string of the molecule is CC(O)[C@]12CC(O)[C@@](c3ccc(Cl)c(Cc4ccc(O)cc4)c3)(C1O)[C@@H](O)[C@@H](O)[C@H]2O. The number of fused-ring (bicyclic) bond motifs is 2. The van der Waals surface area contributed by atoms with Crippen LogP contribution in [0.25, 0.3) is 0 Å². The average molecular weight is 451 g/mol. The zero-order chi connectivity index (χ0) is 22.7. The Balaban J connectivity index is 1.83. The fourth-order valence-corrected chi connectivity index (χ4v) is 5.82. The summed E-state index contributed by atoms with van der Waals surface area (Å²) in [5.41, 5.74) is -1.45. The molecule has 2 saturated carbocycles. The number of aliphatic hydroxyl groups is 6. The Morgan fingerprint density at radius 3 is 2.26 bits per heavy atom. The summed E-state index contributed by atoms with van der Waals surface area (Å²) in [6, 6.07) is 11.4. The first-order valence-corrected chi connectivity index (χ1v) is 10.6. The van der Waals surface area contributed by atoms with E-state index >= 15 is 0 Å². The van der Waals surface area contributed by atoms with Crippen molar-refractivity contribution in [2.45, 2.75) is 61.8 Å². The lowest BCUT2D eigenvalue weighted by Crippen LogP contribution is -2.70. The molecular formula is C23H27ClO7. The molecule has 0 heterocycles. The van der Waals surface area contributed by atoms with Crippen LogP contribution in [0.3, 0.4) is 0 Å². The summed E-state index contributed by atoms with van der Waals surface area (Å²) in [7, 11) is 0. The maximum atomic E-state index is 11.3. The van der Waals surface area contributed by atoms with E-state index in [0.29, 0.717) is 22.6 Å². The fourth-order valence-electron chi connectivity index (χ4n) is 5.64. The van der Waals surface area contributed by atoms with Gasteiger partial charge in [-0.3, -0.25) is 0 Å². The van der Waals surface area contributed by atoms with Crippen molar-refractivity contribution in [3.8, 4) is 5.75 Å². The van der Waals surface area contributed by atoms with E-state index < -0.39 is 47.5 Å². The third kappa shape index (κ3) is 3.03. The Morgan fingerprint density at radius 1 is 1.00 bits per heavy atom. The number of phenolic OH excluding ortho intramolecular Hbond substituents is 1. The second kappa shape index (κ2) is 7.71. The lowest BCUT2D eigenvalue weighted by atomic mass is 9.58. The Hall–Kier alpha value is -1.71. The van der Waals surface area contributed by atoms with Gasteiger partial charge in [0.15, 0.2) is 0 Å². The van der Waals surface area contributed by atoms with Crippen LogP contribution in [0.1, 0.15) is 30.0 Å². The van der Waals surface area contributed by atoms with Crippen LogP contribution in [-0.4, -0.2) is 72.4 Å². The third-order valence-corrected chi connectivity index (χ3v) is 7.77. The molecule has 4 rings (SSSR count). The van der Waals surface area contributed by atoms with Crippen molar-refractivity contribution in [3.63, 3.8) is 0 Å². The number of hydrogen-bond acceptors (Lipinski definition) is 7. The number of hydrogen-bond donors (Lipinski definition) is 7. The summed E-state index contributed by atoms with van der Waals surface area (Å²) in [4.78, 5) is 0. The third-order valence-electron chi connectivity index (χ3n) is 7.40. The molecule has 31 heavy (non-hydrogen) atoms. The molecule has 2 bridgehead atoms. The van der Waals surface area contributed by atoms with Gasteiger partial charge in [-0.05, 0) is 54.7 Å². The number of aliphatic hydroxyl groups excluding tert-OH is 6. The van der Waals surface area contributed by atoms with E-state index in [2.05, 4.69) is 0 Å². The molecule has 2 aromatic carbocycles. The van der Waals surface area contributed by atoms with E-state index in [9.17, 15) is 35.7 Å². The topological polar surface area (TPSA) is 142 Å². The maximum Gasteiger partial charge on any atom is 0.115 e. The number of benzene rings is 2. The zero-order valence-corrected chi connectivity index (χ0v) is 17.7. The molecule has 2 aliphatic rings. The van der Waals surface area contributed by atoms with Crippen molar-refractivity contribution in [2.24, 2.45) is 5.41 Å². The first-order valence-electron chi connectivity index (χ1n) is 10.2. The van der Waals surface area contributed by atoms with Gasteiger partial charge in [-0.15, -0.1) is 0 Å². The molecule has 2 aliphatic carbocycles. The number of rotatable bonds is 4. The molecule has 3 unspecified atom stereocenters. The molecule has 0 aliphatic heterocycles. The van der Waals surface area contributed by atoms with Gasteiger partial charge in [0.25, 0.3) is 0 Å². The highest BCUT2D eigenvalue weighted by molar-refractivity contribution is 6.31. The van der Waals surface area contributed by atoms with Crippen LogP contribution in [0.2, 0.25) is 5.02 Å². The highest BCUT2D eigenvalue weighted by Crippen LogP contribution is 2.61. The van der Waals surface area contributed by atoms with Crippen LogP contribution in [-0.2, 0) is 11.8 Å². The van der Waals surface area contributed by atoms with E-state index in [1.165, 1.54) is 6.92 Å². The minimum atomic E-state index is -1.72. The monoisotopic (exact) mass is 450 g/mol. The molecule has 7 N–H and O–H groups in total. The van der Waals surface area contributed by atoms with Crippen LogP contribution in [0.15, 0.2) is 42.5 Å². The van der Waals surface area contributed by atoms with E-state index in [4.69, 9.17) is 11.6 Å². The lowest BCUT2D eigenvalue weighted by Gasteiger charge is -2.53. The van der Waals surface area contributed by atoms with Gasteiger partial charge < -0.3 is 35.7 Å². The van der Waals surface area contributed by atoms with Crippen LogP contribution >= 0.6 is 11.6 Å². The Morgan fingerprint density at radius 2 is 1.65 bits per heavy atom. The van der Waals surface area contributed by atoms with Crippen LogP contribution in [0.4, 0.5) is 0 Å². The van der Waals surface area contributed by atoms with Gasteiger partial charge in [-0.2, -0.15) is 0 Å². The number of halogens is 1. The van der Waals surface area contributed by atoms with E-state index in [1.54, 1.807) is 42.5 Å². The molecule has 7 nitrogen and oxygen atoms in total. The van der Waals surface area contributed by atoms with Gasteiger partial charge in [0, 0.05) is 5.02 Å². The summed E-state index contributed by atoms with van der Waals surface area (Å²) < 4.78 is 0. The van der Waals surface area contributed by atoms with E-state index in [1.807, 2.05) is 0 Å². The second-order valence-corrected chi connectivity index (χ2v) is 9.28. The molecule has 0 amide bonds. The fraction of sp³-hybridized carbons (Fsp3) is 0.478. The van der Waals surface area contributed by atoms with Crippen LogP contribution in [0.5, 0.6) is 5.75 Å². The predicted molar refractivity (Wildman–Crippen MR) is 113 cm³/mol. The summed E-state index contributed by atoms with van der Waals surface area (Å²) in [5.74, 6) is 0.132. The van der Waals surface area contributed by atoms with E-state index in [-0.39, 0.29) is 12.2 Å². The Kier molecular flexibility index (Phi) is 5.59. The summed E-state index contributed by atoms with van der Waals surface area (Å²) in [5, 5.41) is 75.0. The minimum absolute atomic E-state index is 0.132. The first-order chi connectivity index (χ1) is 14.6. The van der Waals surface area contributed by atoms with Gasteiger partial charge in [0.05, 0.1) is 41.3 Å². The summed E-state index contributed by atoms with van der Waals surface area (Å²) >= 11 is 6.39. The number of aromatic hydroxyl groups is 1. The van der Waals surface area contributed by atoms with Gasteiger partial charge in [0.2, 0.25) is 0 Å². The van der Waals surface area contributed by atoms with Gasteiger partial charge in [-0.25, -0.2) is 0 Å². The van der Waals surface area contributed by atoms with Crippen molar-refractivity contribution in [1.82, 2.24) is 0 Å². The molecular weight excluding hydrogens is 424 g/mol. The minimum Gasteiger partial charge on any atom is -0.508 e. The largest absolute Gasteiger partial charge is 0.508 e. The predicted octanol–water partition coefficient (Wildman–Crippen LogP) is 0.463. The normalized spacial score (nSPS) is 38.3. The zero-order valence-electron chi connectivity index (χ0n) is 16.9. The quantitative estimate of drug-likeness (QED) is 0.359. The molecule has 8 heteroatoms. The van der Waals surface area contributed by atoms with Crippen LogP contribution < -0.4 is 0 Å². The molecule has 168 valence electrons. The summed E-state index contributed by atoms with van der Waals surface area (Å²) in [6.45, 7) is 1.39. The Bertz CT molecular complexity index is 965. The molecule has 0 radical (unpaired) electrons. The molecule has 0 aromatic heterocycles. The van der Waals surface area contributed by atoms with E-state index in [0.717, 1.165) is 5.56 Å². The molecule has 2 aromatic rings. The van der Waals surface area contributed by atoms with Gasteiger partial charge in [-0.1, -0.05) is 35.9 Å². The molecule has 0 saturated heterocycles. The standard InChI is InChI=1S/C23H27ClO7/c1-11(25)22-10-17(27)23(21(22)31,20(30)18(28)19(22)29)14-4-7-16(24)13(9-14)8-12-2-5-15(26)6-3-12/h2-7,9,11,17-21,25-31H,8,10H2,1H3/t11?,17?,18-,19+,20-,21?,22-,23+/m0/s1. The van der Waals surface area contributed by atoms with Crippen molar-refractivity contribution >= 4 is 11.6 Å². The smallest absolute Gasteiger partial charge is 0.115 e. The van der Waals surface area contributed by atoms with Gasteiger partial charge >= 0.3 is 0 Å². The molecule has 8 atom stereocenters. The molecule has 0 spiro atoms. The van der Waals surface area contributed by atoms with Crippen molar-refractivity contribution < 1.29 is 35.7 Å². The molecule has 2 fully saturated rings. The lowest BCUT2D eigenvalue weighted by molar-refractivity contribution is -0.232. The highest BCUT2D eigenvalue weighted by atomic mass is 35.5. The summed E-state index contributed by atoms with van der Waals surface area (Å²) in [6.07, 6.45) is -8.88. The second-order valence-electron chi connectivity index (χ2n) is 8.87. The highest BCUT2D eigenvalue weighted by Gasteiger charge is 2.75. The maximum absolute atomic E-state index is 11.3. The first kappa shape index (κ1) is 22.5. The number of phenols is 1. The van der Waals surface area contributed by atoms with Gasteiger partial charge in [0.1, 0.15) is 11.9 Å². The Labute approximate surface area is 184 Å².